The Morgan fingerprint density at radius 2 is 1.85 bits per heavy atom. The van der Waals surface area contributed by atoms with Gasteiger partial charge in [0.2, 0.25) is 0 Å². The summed E-state index contributed by atoms with van der Waals surface area (Å²) in [5.41, 5.74) is 0.710. The fourth-order valence-electron chi connectivity index (χ4n) is 3.59. The Labute approximate surface area is 160 Å². The quantitative estimate of drug-likeness (QED) is 0.758. The third-order valence-corrected chi connectivity index (χ3v) is 4.79. The fourth-order valence-corrected chi connectivity index (χ4v) is 3.59. The van der Waals surface area contributed by atoms with Crippen molar-refractivity contribution in [3.8, 4) is 0 Å². The van der Waals surface area contributed by atoms with Crippen molar-refractivity contribution in [1.29, 1.82) is 0 Å². The molecule has 27 heavy (non-hydrogen) atoms. The minimum absolute atomic E-state index is 0.0955. The van der Waals surface area contributed by atoms with Gasteiger partial charge in [-0.15, -0.1) is 0 Å². The molecule has 3 rings (SSSR count). The van der Waals surface area contributed by atoms with Gasteiger partial charge in [-0.05, 0) is 44.3 Å². The molecule has 1 aromatic carbocycles. The smallest absolute Gasteiger partial charge is 0.410 e. The molecule has 0 unspecified atom stereocenters. The first kappa shape index (κ1) is 19.3. The summed E-state index contributed by atoms with van der Waals surface area (Å²) in [6.45, 7) is 7.50. The number of carbonyl (C=O) groups is 1. The summed E-state index contributed by atoms with van der Waals surface area (Å²) in [4.78, 5) is 21.3. The molecule has 0 bridgehead atoms. The van der Waals surface area contributed by atoms with Gasteiger partial charge >= 0.3 is 12.1 Å². The van der Waals surface area contributed by atoms with Gasteiger partial charge in [0.25, 0.3) is 0 Å². The number of hydrogen-bond donors (Lipinski definition) is 0. The third kappa shape index (κ3) is 4.64. The van der Waals surface area contributed by atoms with Gasteiger partial charge in [0.1, 0.15) is 19.3 Å². The van der Waals surface area contributed by atoms with E-state index >= 15 is 0 Å². The van der Waals surface area contributed by atoms with Crippen LogP contribution in [0.5, 0.6) is 0 Å². The largest absolute Gasteiger partial charge is 0.460 e. The average Bonchev–Trinajstić information content (AvgIpc) is 3.05. The van der Waals surface area contributed by atoms with E-state index < -0.39 is 5.60 Å². The fraction of sp³-hybridized carbons (Fsp3) is 0.600. The molecule has 7 heteroatoms. The van der Waals surface area contributed by atoms with Gasteiger partial charge in [-0.25, -0.2) is 4.79 Å². The molecule has 0 aliphatic carbocycles. The first-order chi connectivity index (χ1) is 12.9. The maximum absolute atomic E-state index is 12.3. The number of oxime groups is 1. The maximum atomic E-state index is 12.3. The van der Waals surface area contributed by atoms with E-state index in [1.165, 1.54) is 12.7 Å². The zero-order valence-electron chi connectivity index (χ0n) is 16.6. The van der Waals surface area contributed by atoms with Gasteiger partial charge in [-0.2, -0.15) is 0 Å². The molecule has 2 aliphatic heterocycles. The van der Waals surface area contributed by atoms with Crippen molar-refractivity contribution in [3.63, 3.8) is 0 Å². The maximum Gasteiger partial charge on any atom is 0.410 e. The van der Waals surface area contributed by atoms with Crippen LogP contribution < -0.4 is 0 Å². The van der Waals surface area contributed by atoms with Crippen LogP contribution in [0.3, 0.4) is 0 Å². The molecule has 0 spiro atoms. The molecule has 148 valence electrons. The van der Waals surface area contributed by atoms with E-state index in [0.717, 1.165) is 12.8 Å². The monoisotopic (exact) mass is 375 g/mol. The minimum atomic E-state index is -0.479. The van der Waals surface area contributed by atoms with E-state index in [1.807, 2.05) is 39.0 Å². The van der Waals surface area contributed by atoms with E-state index in [-0.39, 0.29) is 18.2 Å². The summed E-state index contributed by atoms with van der Waals surface area (Å²) in [6.07, 6.45) is 1.41. The highest BCUT2D eigenvalue weighted by atomic mass is 16.6. The average molecular weight is 375 g/mol. The van der Waals surface area contributed by atoms with Gasteiger partial charge in [0.15, 0.2) is 0 Å². The van der Waals surface area contributed by atoms with Crippen molar-refractivity contribution in [2.45, 2.75) is 51.3 Å². The van der Waals surface area contributed by atoms with Crippen LogP contribution in [0.1, 0.15) is 45.2 Å². The van der Waals surface area contributed by atoms with Crippen LogP contribution in [0.15, 0.2) is 35.5 Å². The van der Waals surface area contributed by atoms with E-state index in [0.29, 0.717) is 25.7 Å². The van der Waals surface area contributed by atoms with Gasteiger partial charge in [0.05, 0.1) is 6.04 Å². The number of likely N-dealkylation sites (tertiary alicyclic amines) is 1. The molecule has 1 atom stereocenters. The molecule has 0 N–H and O–H groups in total. The van der Waals surface area contributed by atoms with Crippen LogP contribution in [0, 0.1) is 0 Å². The number of carbonyl (C=O) groups excluding carboxylic acids is 1. The van der Waals surface area contributed by atoms with Crippen molar-refractivity contribution in [2.24, 2.45) is 5.16 Å². The lowest BCUT2D eigenvalue weighted by Crippen LogP contribution is -2.49. The summed E-state index contributed by atoms with van der Waals surface area (Å²) < 4.78 is 11.3. The summed E-state index contributed by atoms with van der Waals surface area (Å²) in [7, 11) is 1.52. The van der Waals surface area contributed by atoms with Crippen molar-refractivity contribution < 1.29 is 19.1 Å². The molecule has 2 fully saturated rings. The van der Waals surface area contributed by atoms with Crippen molar-refractivity contribution in [2.75, 3.05) is 26.8 Å². The second-order valence-electron chi connectivity index (χ2n) is 7.90. The van der Waals surface area contributed by atoms with E-state index in [9.17, 15) is 4.79 Å². The zero-order valence-corrected chi connectivity index (χ0v) is 16.6. The lowest BCUT2D eigenvalue weighted by atomic mass is 9.99. The number of ether oxygens (including phenoxy) is 2. The Bertz CT molecular complexity index is 664. The minimum Gasteiger partial charge on any atom is -0.460 e. The lowest BCUT2D eigenvalue weighted by molar-refractivity contribution is 0.0164. The first-order valence-corrected chi connectivity index (χ1v) is 9.44. The van der Waals surface area contributed by atoms with Gasteiger partial charge < -0.3 is 24.1 Å². The molecule has 1 amide bonds. The number of hydrogen-bond acceptors (Lipinski definition) is 5. The molecule has 2 saturated heterocycles. The third-order valence-electron chi connectivity index (χ3n) is 4.79. The van der Waals surface area contributed by atoms with Crippen LogP contribution in [-0.2, 0) is 14.3 Å². The van der Waals surface area contributed by atoms with Crippen LogP contribution in [0.2, 0.25) is 0 Å². The summed E-state index contributed by atoms with van der Waals surface area (Å²) in [6, 6.07) is 11.1. The number of piperidine rings is 1. The van der Waals surface area contributed by atoms with E-state index in [1.54, 1.807) is 4.90 Å². The first-order valence-electron chi connectivity index (χ1n) is 9.44. The molecule has 0 saturated carbocycles. The van der Waals surface area contributed by atoms with Gasteiger partial charge in [0, 0.05) is 19.1 Å². The van der Waals surface area contributed by atoms with Gasteiger partial charge in [-0.3, -0.25) is 0 Å². The highest BCUT2D eigenvalue weighted by molar-refractivity contribution is 5.76. The van der Waals surface area contributed by atoms with Gasteiger partial charge in [-0.1, -0.05) is 30.3 Å². The van der Waals surface area contributed by atoms with E-state index in [2.05, 4.69) is 22.2 Å². The van der Waals surface area contributed by atoms with E-state index in [4.69, 9.17) is 14.3 Å². The zero-order chi connectivity index (χ0) is 19.4. The predicted octanol–water partition coefficient (Wildman–Crippen LogP) is 3.38. The molecule has 2 heterocycles. The Morgan fingerprint density at radius 3 is 2.44 bits per heavy atom. The Balaban J connectivity index is 1.70. The number of benzene rings is 1. The second-order valence-corrected chi connectivity index (χ2v) is 7.90. The molecule has 0 aromatic heterocycles. The topological polar surface area (TPSA) is 63.6 Å². The molecule has 1 aromatic rings. The second kappa shape index (κ2) is 8.06. The Hall–Kier alpha value is -2.44. The van der Waals surface area contributed by atoms with Crippen LogP contribution in [0.4, 0.5) is 4.79 Å². The van der Waals surface area contributed by atoms with Crippen LogP contribution in [0.25, 0.3) is 0 Å². The predicted molar refractivity (Wildman–Crippen MR) is 102 cm³/mol. The SMILES string of the molecule is CO/N=C1/OC[C@@H](c2ccccc2)N1C1CCN(C(=O)OC(C)(C)C)CC1. The number of nitrogens with zero attached hydrogens (tertiary/aromatic N) is 3. The number of amidine groups is 1. The Morgan fingerprint density at radius 1 is 1.19 bits per heavy atom. The summed E-state index contributed by atoms with van der Waals surface area (Å²) in [5, 5.41) is 4.07. The normalized spacial score (nSPS) is 22.7. The molecule has 2 aliphatic rings. The molecular formula is C20H29N3O4. The summed E-state index contributed by atoms with van der Waals surface area (Å²) >= 11 is 0. The standard InChI is InChI=1S/C20H29N3O4/c1-20(2,3)27-19(24)22-12-10-16(11-13-22)23-17(14-26-18(23)21-25-4)15-8-6-5-7-9-15/h5-9,16-17H,10-14H2,1-4H3/b21-18+/t17-/m0/s1. The molecular weight excluding hydrogens is 346 g/mol. The van der Waals surface area contributed by atoms with Crippen LogP contribution in [-0.4, -0.2) is 60.4 Å². The molecule has 0 radical (unpaired) electrons. The molecule has 7 nitrogen and oxygen atoms in total. The lowest BCUT2D eigenvalue weighted by Gasteiger charge is -2.39. The highest BCUT2D eigenvalue weighted by Gasteiger charge is 2.40. The number of amides is 1. The van der Waals surface area contributed by atoms with Crippen molar-refractivity contribution in [3.05, 3.63) is 35.9 Å². The van der Waals surface area contributed by atoms with Crippen LogP contribution >= 0.6 is 0 Å². The van der Waals surface area contributed by atoms with Crippen molar-refractivity contribution >= 4 is 12.1 Å². The highest BCUT2D eigenvalue weighted by Crippen LogP contribution is 2.33. The summed E-state index contributed by atoms with van der Waals surface area (Å²) in [5.74, 6) is 0. The number of rotatable bonds is 3. The Kier molecular flexibility index (Phi) is 5.77. The van der Waals surface area contributed by atoms with Crippen molar-refractivity contribution in [1.82, 2.24) is 9.80 Å².